The van der Waals surface area contributed by atoms with Crippen molar-refractivity contribution < 1.29 is 9.32 Å². The molecule has 1 aliphatic rings. The zero-order valence-corrected chi connectivity index (χ0v) is 12.4. The molecule has 4 rings (SSSR count). The maximum atomic E-state index is 12.4. The van der Waals surface area contributed by atoms with Crippen LogP contribution < -0.4 is 5.32 Å². The van der Waals surface area contributed by atoms with Gasteiger partial charge in [-0.05, 0) is 25.0 Å². The van der Waals surface area contributed by atoms with Crippen LogP contribution >= 0.6 is 0 Å². The van der Waals surface area contributed by atoms with E-state index in [1.54, 1.807) is 6.07 Å². The van der Waals surface area contributed by atoms with E-state index in [1.165, 1.54) is 0 Å². The second kappa shape index (κ2) is 5.68. The maximum absolute atomic E-state index is 12.4. The lowest BCUT2D eigenvalue weighted by molar-refractivity contribution is 0.0951. The molecule has 0 unspecified atom stereocenters. The number of hydrogen-bond donors (Lipinski definition) is 1. The fourth-order valence-corrected chi connectivity index (χ4v) is 2.40. The molecule has 2 aromatic carbocycles. The van der Waals surface area contributed by atoms with Crippen molar-refractivity contribution in [3.8, 4) is 22.8 Å². The monoisotopic (exact) mass is 305 g/mol. The lowest BCUT2D eigenvalue weighted by atomic mass is 10.1. The number of carbonyl (C=O) groups is 1. The summed E-state index contributed by atoms with van der Waals surface area (Å²) in [5, 5.41) is 7.01. The Morgan fingerprint density at radius 2 is 1.78 bits per heavy atom. The van der Waals surface area contributed by atoms with Crippen LogP contribution in [-0.2, 0) is 0 Å². The summed E-state index contributed by atoms with van der Waals surface area (Å²) >= 11 is 0. The van der Waals surface area contributed by atoms with E-state index in [4.69, 9.17) is 4.52 Å². The van der Waals surface area contributed by atoms with Crippen LogP contribution in [0.15, 0.2) is 59.1 Å². The molecule has 0 atom stereocenters. The highest BCUT2D eigenvalue weighted by molar-refractivity contribution is 6.00. The molecule has 0 spiro atoms. The maximum Gasteiger partial charge on any atom is 0.259 e. The van der Waals surface area contributed by atoms with Crippen molar-refractivity contribution in [1.29, 1.82) is 0 Å². The number of carbonyl (C=O) groups excluding carboxylic acids is 1. The van der Waals surface area contributed by atoms with E-state index < -0.39 is 0 Å². The zero-order chi connectivity index (χ0) is 15.6. The smallest absolute Gasteiger partial charge is 0.259 e. The Balaban J connectivity index is 1.68. The van der Waals surface area contributed by atoms with Crippen molar-refractivity contribution in [2.45, 2.75) is 18.9 Å². The minimum atomic E-state index is -0.0949. The van der Waals surface area contributed by atoms with Gasteiger partial charge in [-0.1, -0.05) is 47.6 Å². The molecule has 1 aromatic heterocycles. The molecule has 0 saturated heterocycles. The van der Waals surface area contributed by atoms with Gasteiger partial charge in [-0.15, -0.1) is 0 Å². The Hall–Kier alpha value is -2.95. The van der Waals surface area contributed by atoms with Gasteiger partial charge >= 0.3 is 0 Å². The molecule has 0 radical (unpaired) electrons. The highest BCUT2D eigenvalue weighted by Crippen LogP contribution is 2.26. The molecular weight excluding hydrogens is 290 g/mol. The Morgan fingerprint density at radius 1 is 1.04 bits per heavy atom. The SMILES string of the molecule is O=C(NC1CC1)c1ccccc1-c1nc(-c2ccccc2)no1. The van der Waals surface area contributed by atoms with Gasteiger partial charge in [0.05, 0.1) is 11.1 Å². The molecule has 23 heavy (non-hydrogen) atoms. The summed E-state index contributed by atoms with van der Waals surface area (Å²) in [7, 11) is 0. The molecule has 5 nitrogen and oxygen atoms in total. The van der Waals surface area contributed by atoms with Crippen molar-refractivity contribution in [2.24, 2.45) is 0 Å². The highest BCUT2D eigenvalue weighted by Gasteiger charge is 2.25. The van der Waals surface area contributed by atoms with Crippen LogP contribution in [0.1, 0.15) is 23.2 Å². The van der Waals surface area contributed by atoms with Crippen LogP contribution in [0.4, 0.5) is 0 Å². The Labute approximate surface area is 133 Å². The van der Waals surface area contributed by atoms with Gasteiger partial charge in [0.15, 0.2) is 0 Å². The third kappa shape index (κ3) is 2.85. The third-order valence-electron chi connectivity index (χ3n) is 3.77. The van der Waals surface area contributed by atoms with E-state index in [1.807, 2.05) is 48.5 Å². The minimum absolute atomic E-state index is 0.0949. The van der Waals surface area contributed by atoms with Crippen LogP contribution in [0, 0.1) is 0 Å². The highest BCUT2D eigenvalue weighted by atomic mass is 16.5. The van der Waals surface area contributed by atoms with Crippen molar-refractivity contribution in [1.82, 2.24) is 15.5 Å². The van der Waals surface area contributed by atoms with E-state index in [2.05, 4.69) is 15.5 Å². The van der Waals surface area contributed by atoms with Gasteiger partial charge in [-0.25, -0.2) is 0 Å². The van der Waals surface area contributed by atoms with E-state index in [0.29, 0.717) is 28.9 Å². The van der Waals surface area contributed by atoms with Gasteiger partial charge in [0.1, 0.15) is 0 Å². The molecule has 1 heterocycles. The number of rotatable bonds is 4. The Bertz CT molecular complexity index is 838. The van der Waals surface area contributed by atoms with Crippen LogP contribution in [0.2, 0.25) is 0 Å². The van der Waals surface area contributed by atoms with Gasteiger partial charge < -0.3 is 9.84 Å². The lowest BCUT2D eigenvalue weighted by Gasteiger charge is -2.06. The fourth-order valence-electron chi connectivity index (χ4n) is 2.40. The number of benzene rings is 2. The predicted molar refractivity (Wildman–Crippen MR) is 85.7 cm³/mol. The largest absolute Gasteiger partial charge is 0.349 e. The van der Waals surface area contributed by atoms with Gasteiger partial charge in [-0.3, -0.25) is 4.79 Å². The Kier molecular flexibility index (Phi) is 3.38. The fraction of sp³-hybridized carbons (Fsp3) is 0.167. The summed E-state index contributed by atoms with van der Waals surface area (Å²) in [5.41, 5.74) is 2.09. The summed E-state index contributed by atoms with van der Waals surface area (Å²) in [6, 6.07) is 17.2. The van der Waals surface area contributed by atoms with Crippen LogP contribution in [-0.4, -0.2) is 22.1 Å². The van der Waals surface area contributed by atoms with E-state index in [-0.39, 0.29) is 5.91 Å². The number of amides is 1. The number of nitrogens with zero attached hydrogens (tertiary/aromatic N) is 2. The molecule has 1 N–H and O–H groups in total. The zero-order valence-electron chi connectivity index (χ0n) is 12.4. The topological polar surface area (TPSA) is 68.0 Å². The molecule has 5 heteroatoms. The molecule has 1 aliphatic carbocycles. The van der Waals surface area contributed by atoms with Gasteiger partial charge in [-0.2, -0.15) is 4.98 Å². The van der Waals surface area contributed by atoms with Crippen LogP contribution in [0.25, 0.3) is 22.8 Å². The standard InChI is InChI=1S/C18H15N3O2/c22-17(19-13-10-11-13)14-8-4-5-9-15(14)18-20-16(21-23-18)12-6-2-1-3-7-12/h1-9,13H,10-11H2,(H,19,22). The normalized spacial score (nSPS) is 13.7. The van der Waals surface area contributed by atoms with Gasteiger partial charge in [0.2, 0.25) is 5.82 Å². The first-order chi connectivity index (χ1) is 11.3. The number of hydrogen-bond acceptors (Lipinski definition) is 4. The first-order valence-corrected chi connectivity index (χ1v) is 7.60. The summed E-state index contributed by atoms with van der Waals surface area (Å²) in [5.74, 6) is 0.769. The average molecular weight is 305 g/mol. The van der Waals surface area contributed by atoms with Crippen molar-refractivity contribution in [2.75, 3.05) is 0 Å². The second-order valence-electron chi connectivity index (χ2n) is 5.58. The summed E-state index contributed by atoms with van der Waals surface area (Å²) < 4.78 is 5.38. The first kappa shape index (κ1) is 13.7. The molecule has 1 fully saturated rings. The second-order valence-corrected chi connectivity index (χ2v) is 5.58. The quantitative estimate of drug-likeness (QED) is 0.803. The molecule has 1 amide bonds. The lowest BCUT2D eigenvalue weighted by Crippen LogP contribution is -2.25. The van der Waals surface area contributed by atoms with Crippen molar-refractivity contribution >= 4 is 5.91 Å². The van der Waals surface area contributed by atoms with Gasteiger partial charge in [0, 0.05) is 11.6 Å². The number of nitrogens with one attached hydrogen (secondary N) is 1. The van der Waals surface area contributed by atoms with Crippen LogP contribution in [0.5, 0.6) is 0 Å². The Morgan fingerprint density at radius 3 is 2.57 bits per heavy atom. The summed E-state index contributed by atoms with van der Waals surface area (Å²) in [6.45, 7) is 0. The molecule has 1 saturated carbocycles. The first-order valence-electron chi connectivity index (χ1n) is 7.60. The van der Waals surface area contributed by atoms with E-state index in [0.717, 1.165) is 18.4 Å². The molecule has 3 aromatic rings. The van der Waals surface area contributed by atoms with E-state index >= 15 is 0 Å². The predicted octanol–water partition coefficient (Wildman–Crippen LogP) is 3.30. The van der Waals surface area contributed by atoms with Crippen LogP contribution in [0.3, 0.4) is 0 Å². The van der Waals surface area contributed by atoms with Crippen molar-refractivity contribution in [3.05, 3.63) is 60.2 Å². The number of aromatic nitrogens is 2. The third-order valence-corrected chi connectivity index (χ3v) is 3.77. The summed E-state index contributed by atoms with van der Waals surface area (Å²) in [6.07, 6.45) is 2.10. The minimum Gasteiger partial charge on any atom is -0.349 e. The molecular formula is C18H15N3O2. The molecule has 0 bridgehead atoms. The van der Waals surface area contributed by atoms with Crippen molar-refractivity contribution in [3.63, 3.8) is 0 Å². The van der Waals surface area contributed by atoms with E-state index in [9.17, 15) is 4.79 Å². The average Bonchev–Trinajstić information content (AvgIpc) is 3.27. The molecule has 114 valence electrons. The molecule has 0 aliphatic heterocycles. The van der Waals surface area contributed by atoms with Gasteiger partial charge in [0.25, 0.3) is 11.8 Å². The summed E-state index contributed by atoms with van der Waals surface area (Å²) in [4.78, 5) is 16.8.